The van der Waals surface area contributed by atoms with Gasteiger partial charge in [-0.25, -0.2) is 4.39 Å². The largest absolute Gasteiger partial charge is 0.384 e. The van der Waals surface area contributed by atoms with Crippen LogP contribution in [-0.4, -0.2) is 5.78 Å². The SMILES string of the molecule is CC1(C)CC(=O)C2=C(C1)N(c1ccc(F)c(Cl)c1)C(N)=C(C#N)C2c1cc(Br)cs1. The van der Waals surface area contributed by atoms with Crippen LogP contribution in [0.25, 0.3) is 0 Å². The first-order valence-electron chi connectivity index (χ1n) is 9.28. The van der Waals surface area contributed by atoms with Crippen molar-refractivity contribution in [2.24, 2.45) is 11.1 Å². The average Bonchev–Trinajstić information content (AvgIpc) is 3.08. The Kier molecular flexibility index (Phi) is 5.29. The van der Waals surface area contributed by atoms with Crippen LogP contribution in [0.15, 0.2) is 56.8 Å². The smallest absolute Gasteiger partial charge is 0.162 e. The lowest BCUT2D eigenvalue weighted by Crippen LogP contribution is -2.42. The van der Waals surface area contributed by atoms with E-state index in [0.29, 0.717) is 29.7 Å². The summed E-state index contributed by atoms with van der Waals surface area (Å²) in [5.74, 6) is -0.832. The van der Waals surface area contributed by atoms with Crippen molar-refractivity contribution in [2.75, 3.05) is 4.90 Å². The highest BCUT2D eigenvalue weighted by Gasteiger charge is 2.45. The molecule has 1 unspecified atom stereocenters. The fourth-order valence-corrected chi connectivity index (χ4v) is 5.93. The predicted octanol–water partition coefficient (Wildman–Crippen LogP) is 6.24. The first-order valence-corrected chi connectivity index (χ1v) is 11.3. The number of nitriles is 1. The summed E-state index contributed by atoms with van der Waals surface area (Å²) in [5, 5.41) is 11.9. The molecule has 0 bridgehead atoms. The van der Waals surface area contributed by atoms with Crippen molar-refractivity contribution in [3.63, 3.8) is 0 Å². The Morgan fingerprint density at radius 2 is 2.10 bits per heavy atom. The van der Waals surface area contributed by atoms with E-state index in [1.165, 1.54) is 23.5 Å². The lowest BCUT2D eigenvalue weighted by Gasteiger charge is -2.43. The van der Waals surface area contributed by atoms with Crippen LogP contribution in [0.5, 0.6) is 0 Å². The number of nitrogens with two attached hydrogens (primary N) is 1. The third-order valence-corrected chi connectivity index (χ3v) is 7.46. The fourth-order valence-electron chi connectivity index (χ4n) is 4.19. The molecule has 1 aliphatic heterocycles. The summed E-state index contributed by atoms with van der Waals surface area (Å²) < 4.78 is 14.7. The normalized spacial score (nSPS) is 21.0. The minimum atomic E-state index is -0.545. The molecule has 0 amide bonds. The molecular formula is C22H18BrClFN3OS. The van der Waals surface area contributed by atoms with Gasteiger partial charge in [-0.15, -0.1) is 11.3 Å². The van der Waals surface area contributed by atoms with E-state index in [4.69, 9.17) is 17.3 Å². The van der Waals surface area contributed by atoms with Crippen LogP contribution in [0.3, 0.4) is 0 Å². The first-order chi connectivity index (χ1) is 14.1. The number of carbonyl (C=O) groups is 1. The van der Waals surface area contributed by atoms with E-state index in [-0.39, 0.29) is 22.0 Å². The van der Waals surface area contributed by atoms with Gasteiger partial charge in [-0.2, -0.15) is 5.26 Å². The molecule has 0 saturated carbocycles. The molecule has 2 aliphatic rings. The van der Waals surface area contributed by atoms with Crippen molar-refractivity contribution >= 4 is 50.3 Å². The Labute approximate surface area is 191 Å². The summed E-state index contributed by atoms with van der Waals surface area (Å²) in [5.41, 5.74) is 8.39. The zero-order valence-electron chi connectivity index (χ0n) is 16.3. The minimum absolute atomic E-state index is 0.00534. The Bertz CT molecular complexity index is 1180. The number of rotatable bonds is 2. The molecular weight excluding hydrogens is 489 g/mol. The van der Waals surface area contributed by atoms with Gasteiger partial charge in [-0.1, -0.05) is 25.4 Å². The van der Waals surface area contributed by atoms with Crippen molar-refractivity contribution < 1.29 is 9.18 Å². The molecule has 1 aromatic carbocycles. The van der Waals surface area contributed by atoms with Gasteiger partial charge in [-0.05, 0) is 52.0 Å². The second-order valence-electron chi connectivity index (χ2n) is 8.25. The van der Waals surface area contributed by atoms with E-state index in [1.807, 2.05) is 25.3 Å². The summed E-state index contributed by atoms with van der Waals surface area (Å²) in [7, 11) is 0. The number of hydrogen-bond donors (Lipinski definition) is 1. The van der Waals surface area contributed by atoms with Crippen LogP contribution in [0, 0.1) is 22.6 Å². The molecule has 154 valence electrons. The number of thiophene rings is 1. The van der Waals surface area contributed by atoms with Crippen LogP contribution in [0.1, 0.15) is 37.5 Å². The number of anilines is 1. The lowest BCUT2D eigenvalue weighted by molar-refractivity contribution is -0.118. The molecule has 2 heterocycles. The molecule has 0 spiro atoms. The third-order valence-electron chi connectivity index (χ3n) is 5.41. The highest BCUT2D eigenvalue weighted by atomic mass is 79.9. The van der Waals surface area contributed by atoms with Crippen molar-refractivity contribution in [1.82, 2.24) is 0 Å². The molecule has 2 aromatic rings. The first kappa shape index (κ1) is 21.1. The van der Waals surface area contributed by atoms with Crippen molar-refractivity contribution in [1.29, 1.82) is 5.26 Å². The van der Waals surface area contributed by atoms with Gasteiger partial charge in [0.05, 0.1) is 22.6 Å². The standard InChI is InChI=1S/C22H18BrClFN3OS/c1-22(2)7-16-20(17(29)8-22)19(18-5-11(23)10-30-18)13(9-26)21(27)28(16)12-3-4-15(25)14(24)6-12/h3-6,10,19H,7-8,27H2,1-2H3. The van der Waals surface area contributed by atoms with Gasteiger partial charge in [-0.3, -0.25) is 9.69 Å². The number of ketones is 1. The highest BCUT2D eigenvalue weighted by molar-refractivity contribution is 9.10. The molecule has 0 fully saturated rings. The maximum atomic E-state index is 13.8. The van der Waals surface area contributed by atoms with Gasteiger partial charge in [0.2, 0.25) is 0 Å². The van der Waals surface area contributed by atoms with Gasteiger partial charge in [0.25, 0.3) is 0 Å². The topological polar surface area (TPSA) is 70.1 Å². The Morgan fingerprint density at radius 1 is 1.37 bits per heavy atom. The zero-order chi connectivity index (χ0) is 21.8. The monoisotopic (exact) mass is 505 g/mol. The summed E-state index contributed by atoms with van der Waals surface area (Å²) in [6.45, 7) is 4.06. The Morgan fingerprint density at radius 3 is 2.70 bits per heavy atom. The van der Waals surface area contributed by atoms with Crippen LogP contribution in [0.2, 0.25) is 5.02 Å². The maximum absolute atomic E-state index is 13.8. The second kappa shape index (κ2) is 7.52. The van der Waals surface area contributed by atoms with E-state index in [0.717, 1.165) is 15.0 Å². The zero-order valence-corrected chi connectivity index (χ0v) is 19.5. The second-order valence-corrected chi connectivity index (χ2v) is 10.5. The molecule has 2 N–H and O–H groups in total. The number of carbonyl (C=O) groups excluding carboxylic acids is 1. The Balaban J connectivity index is 2.00. The van der Waals surface area contributed by atoms with Gasteiger partial charge in [0.1, 0.15) is 11.6 Å². The van der Waals surface area contributed by atoms with Crippen LogP contribution in [0.4, 0.5) is 10.1 Å². The van der Waals surface area contributed by atoms with Crippen LogP contribution in [-0.2, 0) is 4.79 Å². The number of halogens is 3. The van der Waals surface area contributed by atoms with Crippen molar-refractivity contribution in [3.8, 4) is 6.07 Å². The molecule has 1 aromatic heterocycles. The van der Waals surface area contributed by atoms with Gasteiger partial charge >= 0.3 is 0 Å². The highest BCUT2D eigenvalue weighted by Crippen LogP contribution is 2.51. The van der Waals surface area contributed by atoms with Crippen molar-refractivity contribution in [2.45, 2.75) is 32.6 Å². The van der Waals surface area contributed by atoms with Crippen molar-refractivity contribution in [3.05, 3.63) is 72.5 Å². The number of hydrogen-bond acceptors (Lipinski definition) is 5. The molecule has 1 atom stereocenters. The minimum Gasteiger partial charge on any atom is -0.384 e. The number of Topliss-reactive ketones (excluding diaryl/α,β-unsaturated/α-hetero) is 1. The van der Waals surface area contributed by atoms with E-state index < -0.39 is 11.7 Å². The lowest BCUT2D eigenvalue weighted by atomic mass is 9.69. The quantitative estimate of drug-likeness (QED) is 0.523. The average molecular weight is 507 g/mol. The van der Waals surface area contributed by atoms with Crippen LogP contribution >= 0.6 is 38.9 Å². The van der Waals surface area contributed by atoms with E-state index >= 15 is 0 Å². The summed E-state index contributed by atoms with van der Waals surface area (Å²) in [6.07, 6.45) is 0.969. The summed E-state index contributed by atoms with van der Waals surface area (Å²) >= 11 is 11.0. The van der Waals surface area contributed by atoms with Gasteiger partial charge in [0.15, 0.2) is 5.78 Å². The van der Waals surface area contributed by atoms with E-state index in [1.54, 1.807) is 11.0 Å². The molecule has 30 heavy (non-hydrogen) atoms. The molecule has 4 rings (SSSR count). The third kappa shape index (κ3) is 3.47. The summed E-state index contributed by atoms with van der Waals surface area (Å²) in [4.78, 5) is 15.9. The molecule has 4 nitrogen and oxygen atoms in total. The summed E-state index contributed by atoms with van der Waals surface area (Å²) in [6, 6.07) is 8.43. The fraction of sp³-hybridized carbons (Fsp3) is 0.273. The van der Waals surface area contributed by atoms with E-state index in [9.17, 15) is 14.4 Å². The molecule has 0 saturated heterocycles. The molecule has 8 heteroatoms. The van der Waals surface area contributed by atoms with E-state index in [2.05, 4.69) is 22.0 Å². The number of nitrogens with zero attached hydrogens (tertiary/aromatic N) is 2. The number of allylic oxidation sites excluding steroid dienone is 3. The predicted molar refractivity (Wildman–Crippen MR) is 121 cm³/mol. The van der Waals surface area contributed by atoms with Gasteiger partial charge in [0, 0.05) is 38.1 Å². The molecule has 1 aliphatic carbocycles. The van der Waals surface area contributed by atoms with Gasteiger partial charge < -0.3 is 5.73 Å². The number of benzene rings is 1. The van der Waals surface area contributed by atoms with Crippen LogP contribution < -0.4 is 10.6 Å². The molecule has 0 radical (unpaired) electrons. The Hall–Kier alpha value is -2.14. The maximum Gasteiger partial charge on any atom is 0.162 e.